The third-order valence-corrected chi connectivity index (χ3v) is 3.79. The molecule has 0 aromatic heterocycles. The number of halogens is 1. The minimum atomic E-state index is 0.143. The van der Waals surface area contributed by atoms with Crippen molar-refractivity contribution in [2.75, 3.05) is 0 Å². The number of hydrazone groups is 1. The number of thiocarbonyl (C=S) groups is 1. The summed E-state index contributed by atoms with van der Waals surface area (Å²) in [5, 5.41) is 4.11. The molecule has 6 heteroatoms. The number of hydrogen-bond donors (Lipinski definition) is 2. The van der Waals surface area contributed by atoms with Gasteiger partial charge in [0.1, 0.15) is 12.4 Å². The number of nitrogens with one attached hydrogen (secondary N) is 1. The summed E-state index contributed by atoms with van der Waals surface area (Å²) >= 11 is 8.13. The van der Waals surface area contributed by atoms with E-state index in [1.807, 2.05) is 50.2 Å². The van der Waals surface area contributed by atoms with Crippen LogP contribution in [0.2, 0.25) is 0 Å². The van der Waals surface area contributed by atoms with Gasteiger partial charge in [0.05, 0.1) is 6.21 Å². The van der Waals surface area contributed by atoms with Gasteiger partial charge in [-0.05, 0) is 72.6 Å². The molecule has 4 nitrogen and oxygen atoms in total. The van der Waals surface area contributed by atoms with Gasteiger partial charge in [-0.1, -0.05) is 28.1 Å². The van der Waals surface area contributed by atoms with Crippen molar-refractivity contribution in [3.63, 3.8) is 0 Å². The zero-order valence-corrected chi connectivity index (χ0v) is 15.4. The second-order valence-corrected chi connectivity index (χ2v) is 6.49. The van der Waals surface area contributed by atoms with E-state index in [2.05, 4.69) is 26.5 Å². The highest BCUT2D eigenvalue weighted by molar-refractivity contribution is 9.10. The van der Waals surface area contributed by atoms with Gasteiger partial charge in [-0.3, -0.25) is 5.43 Å². The lowest BCUT2D eigenvalue weighted by Crippen LogP contribution is -2.24. The predicted molar refractivity (Wildman–Crippen MR) is 102 cm³/mol. The molecule has 0 heterocycles. The van der Waals surface area contributed by atoms with Crippen LogP contribution >= 0.6 is 28.1 Å². The van der Waals surface area contributed by atoms with Crippen LogP contribution in [0.5, 0.6) is 5.75 Å². The van der Waals surface area contributed by atoms with E-state index in [4.69, 9.17) is 22.7 Å². The first-order valence-electron chi connectivity index (χ1n) is 7.02. The van der Waals surface area contributed by atoms with Crippen molar-refractivity contribution in [2.45, 2.75) is 20.5 Å². The highest BCUT2D eigenvalue weighted by atomic mass is 79.9. The lowest BCUT2D eigenvalue weighted by Gasteiger charge is -2.13. The van der Waals surface area contributed by atoms with E-state index in [0.29, 0.717) is 6.61 Å². The van der Waals surface area contributed by atoms with Crippen LogP contribution in [0.25, 0.3) is 0 Å². The molecule has 0 spiro atoms. The predicted octanol–water partition coefficient (Wildman–Crippen LogP) is 3.81. The first-order valence-corrected chi connectivity index (χ1v) is 8.23. The summed E-state index contributed by atoms with van der Waals surface area (Å²) in [5.41, 5.74) is 12.1. The number of rotatable bonds is 5. The molecule has 0 aliphatic carbocycles. The van der Waals surface area contributed by atoms with Crippen molar-refractivity contribution in [2.24, 2.45) is 10.8 Å². The van der Waals surface area contributed by atoms with Crippen LogP contribution in [0.1, 0.15) is 22.3 Å². The lowest BCUT2D eigenvalue weighted by atomic mass is 10.1. The number of hydrogen-bond acceptors (Lipinski definition) is 3. The Labute approximate surface area is 149 Å². The smallest absolute Gasteiger partial charge is 0.184 e. The number of benzene rings is 2. The van der Waals surface area contributed by atoms with Crippen molar-refractivity contribution in [1.82, 2.24) is 5.43 Å². The van der Waals surface area contributed by atoms with Crippen LogP contribution in [0, 0.1) is 13.8 Å². The maximum atomic E-state index is 5.97. The van der Waals surface area contributed by atoms with Gasteiger partial charge >= 0.3 is 0 Å². The average molecular weight is 392 g/mol. The van der Waals surface area contributed by atoms with E-state index in [-0.39, 0.29) is 5.11 Å². The Morgan fingerprint density at radius 1 is 1.26 bits per heavy atom. The second-order valence-electron chi connectivity index (χ2n) is 5.13. The van der Waals surface area contributed by atoms with Gasteiger partial charge in [0, 0.05) is 4.47 Å². The third kappa shape index (κ3) is 5.33. The SMILES string of the molecule is Cc1cc(/C=N\NC(N)=S)cc(C)c1OCc1ccc(Br)cc1. The molecule has 0 aliphatic heterocycles. The number of ether oxygens (including phenoxy) is 1. The van der Waals surface area contributed by atoms with E-state index in [1.165, 1.54) is 0 Å². The summed E-state index contributed by atoms with van der Waals surface area (Å²) < 4.78 is 7.03. The molecule has 2 aromatic rings. The molecule has 0 aliphatic rings. The van der Waals surface area contributed by atoms with Crippen LogP contribution in [0.4, 0.5) is 0 Å². The van der Waals surface area contributed by atoms with Crippen LogP contribution in [0.3, 0.4) is 0 Å². The van der Waals surface area contributed by atoms with Crippen molar-refractivity contribution in [1.29, 1.82) is 0 Å². The van der Waals surface area contributed by atoms with E-state index in [0.717, 1.165) is 32.5 Å². The summed E-state index contributed by atoms with van der Waals surface area (Å²) in [6, 6.07) is 12.1. The number of nitrogens with two attached hydrogens (primary N) is 1. The van der Waals surface area contributed by atoms with Crippen molar-refractivity contribution >= 4 is 39.5 Å². The Morgan fingerprint density at radius 2 is 1.87 bits per heavy atom. The van der Waals surface area contributed by atoms with Gasteiger partial charge in [0.25, 0.3) is 0 Å². The van der Waals surface area contributed by atoms with Gasteiger partial charge in [0.2, 0.25) is 0 Å². The Morgan fingerprint density at radius 3 is 2.43 bits per heavy atom. The zero-order valence-electron chi connectivity index (χ0n) is 13.0. The molecule has 23 heavy (non-hydrogen) atoms. The first kappa shape index (κ1) is 17.4. The molecule has 2 rings (SSSR count). The van der Waals surface area contributed by atoms with Crippen LogP contribution in [-0.4, -0.2) is 11.3 Å². The lowest BCUT2D eigenvalue weighted by molar-refractivity contribution is 0.302. The number of nitrogens with zero attached hydrogens (tertiary/aromatic N) is 1. The molecule has 0 bridgehead atoms. The third-order valence-electron chi connectivity index (χ3n) is 3.17. The largest absolute Gasteiger partial charge is 0.488 e. The first-order chi connectivity index (χ1) is 11.0. The highest BCUT2D eigenvalue weighted by Gasteiger charge is 2.06. The topological polar surface area (TPSA) is 59.6 Å². The Kier molecular flexibility index (Phi) is 6.12. The minimum absolute atomic E-state index is 0.143. The van der Waals surface area contributed by atoms with Gasteiger partial charge in [-0.2, -0.15) is 5.10 Å². The zero-order chi connectivity index (χ0) is 16.8. The summed E-state index contributed by atoms with van der Waals surface area (Å²) in [6.45, 7) is 4.57. The number of aryl methyl sites for hydroxylation is 2. The van der Waals surface area contributed by atoms with Gasteiger partial charge in [-0.15, -0.1) is 0 Å². The van der Waals surface area contributed by atoms with Crippen molar-refractivity contribution in [3.05, 3.63) is 63.1 Å². The fourth-order valence-electron chi connectivity index (χ4n) is 2.19. The summed E-state index contributed by atoms with van der Waals surface area (Å²) in [7, 11) is 0. The molecule has 3 N–H and O–H groups in total. The van der Waals surface area contributed by atoms with Crippen LogP contribution < -0.4 is 15.9 Å². The molecule has 0 saturated heterocycles. The summed E-state index contributed by atoms with van der Waals surface area (Å²) in [4.78, 5) is 0. The highest BCUT2D eigenvalue weighted by Crippen LogP contribution is 2.25. The van der Waals surface area contributed by atoms with Gasteiger partial charge < -0.3 is 10.5 Å². The molecule has 0 atom stereocenters. The molecule has 0 amide bonds. The average Bonchev–Trinajstić information content (AvgIpc) is 2.48. The maximum absolute atomic E-state index is 5.97. The van der Waals surface area contributed by atoms with Crippen molar-refractivity contribution < 1.29 is 4.74 Å². The van der Waals surface area contributed by atoms with Gasteiger partial charge in [-0.25, -0.2) is 0 Å². The quantitative estimate of drug-likeness (QED) is 0.462. The molecule has 2 aromatic carbocycles. The van der Waals surface area contributed by atoms with Crippen LogP contribution in [0.15, 0.2) is 46.0 Å². The summed E-state index contributed by atoms with van der Waals surface area (Å²) in [6.07, 6.45) is 1.68. The van der Waals surface area contributed by atoms with Crippen LogP contribution in [-0.2, 0) is 6.61 Å². The van der Waals surface area contributed by atoms with Gasteiger partial charge in [0.15, 0.2) is 5.11 Å². The van der Waals surface area contributed by atoms with Crippen molar-refractivity contribution in [3.8, 4) is 5.75 Å². The molecular formula is C17H18BrN3OS. The molecular weight excluding hydrogens is 374 g/mol. The summed E-state index contributed by atoms with van der Waals surface area (Å²) in [5.74, 6) is 0.896. The fourth-order valence-corrected chi connectivity index (χ4v) is 2.51. The Hall–Kier alpha value is -1.92. The van der Waals surface area contributed by atoms with E-state index in [1.54, 1.807) is 6.21 Å². The maximum Gasteiger partial charge on any atom is 0.184 e. The Bertz CT molecular complexity index is 706. The second kappa shape index (κ2) is 8.08. The molecule has 0 unspecified atom stereocenters. The monoisotopic (exact) mass is 391 g/mol. The normalized spacial score (nSPS) is 10.7. The minimum Gasteiger partial charge on any atom is -0.488 e. The molecule has 0 fully saturated rings. The van der Waals surface area contributed by atoms with E-state index in [9.17, 15) is 0 Å². The standard InChI is InChI=1S/C17H18BrN3OS/c1-11-7-14(9-20-21-17(19)23)8-12(2)16(11)22-10-13-3-5-15(18)6-4-13/h3-9H,10H2,1-2H3,(H3,19,21,23)/b20-9-. The van der Waals surface area contributed by atoms with E-state index < -0.39 is 0 Å². The fraction of sp³-hybridized carbons (Fsp3) is 0.176. The Balaban J connectivity index is 2.09. The molecule has 120 valence electrons. The molecule has 0 saturated carbocycles. The molecule has 0 radical (unpaired) electrons. The van der Waals surface area contributed by atoms with E-state index >= 15 is 0 Å².